The topological polar surface area (TPSA) is 113 Å². The Kier molecular flexibility index (Phi) is 10.2. The Labute approximate surface area is 285 Å². The molecule has 1 saturated heterocycles. The van der Waals surface area contributed by atoms with Gasteiger partial charge in [-0.15, -0.1) is 0 Å². The first-order valence-corrected chi connectivity index (χ1v) is 21.1. The van der Waals surface area contributed by atoms with Crippen LogP contribution < -0.4 is 4.18 Å². The number of benzene rings is 2. The maximum absolute atomic E-state index is 13.1. The number of amides is 1. The highest BCUT2D eigenvalue weighted by Gasteiger charge is 2.48. The van der Waals surface area contributed by atoms with Crippen molar-refractivity contribution in [2.45, 2.75) is 83.2 Å². The third-order valence-corrected chi connectivity index (χ3v) is 10.6. The van der Waals surface area contributed by atoms with Crippen molar-refractivity contribution in [3.8, 4) is 28.3 Å². The Morgan fingerprint density at radius 1 is 0.959 bits per heavy atom. The molecule has 10 nitrogen and oxygen atoms in total. The minimum atomic E-state index is -5.78. The van der Waals surface area contributed by atoms with Gasteiger partial charge in [0.25, 0.3) is 0 Å². The zero-order valence-electron chi connectivity index (χ0n) is 28.4. The monoisotopic (exact) mass is 718 g/mol. The number of likely N-dealkylation sites (tertiary alicyclic amines) is 1. The lowest BCUT2D eigenvalue weighted by Crippen LogP contribution is -2.37. The zero-order valence-corrected chi connectivity index (χ0v) is 30.2. The van der Waals surface area contributed by atoms with Crippen molar-refractivity contribution in [2.75, 3.05) is 13.2 Å². The molecule has 1 aliphatic rings. The maximum Gasteiger partial charge on any atom is 0.534 e. The van der Waals surface area contributed by atoms with Gasteiger partial charge in [-0.1, -0.05) is 37.8 Å². The number of nitrogens with zero attached hydrogens (tertiary/aromatic N) is 4. The first-order valence-electron chi connectivity index (χ1n) is 16.0. The van der Waals surface area contributed by atoms with E-state index in [1.807, 2.05) is 37.5 Å². The summed E-state index contributed by atoms with van der Waals surface area (Å²) in [5.41, 5.74) is -3.17. The molecule has 4 aromatic rings. The highest BCUT2D eigenvalue weighted by Crippen LogP contribution is 2.36. The Balaban J connectivity index is 1.41. The largest absolute Gasteiger partial charge is 0.534 e. The van der Waals surface area contributed by atoms with Crippen LogP contribution in [0.3, 0.4) is 0 Å². The van der Waals surface area contributed by atoms with Crippen LogP contribution in [0.5, 0.6) is 5.75 Å². The van der Waals surface area contributed by atoms with E-state index in [0.29, 0.717) is 29.6 Å². The van der Waals surface area contributed by atoms with E-state index in [-0.39, 0.29) is 18.9 Å². The summed E-state index contributed by atoms with van der Waals surface area (Å²) in [5.74, 6) is 0.281. The van der Waals surface area contributed by atoms with Crippen LogP contribution >= 0.6 is 0 Å². The molecule has 0 radical (unpaired) electrons. The molecule has 0 saturated carbocycles. The predicted molar refractivity (Wildman–Crippen MR) is 183 cm³/mol. The van der Waals surface area contributed by atoms with Crippen molar-refractivity contribution in [1.82, 2.24) is 19.4 Å². The van der Waals surface area contributed by atoms with Gasteiger partial charge in [-0.2, -0.15) is 21.6 Å². The molecule has 3 heterocycles. The number of imidazole rings is 1. The van der Waals surface area contributed by atoms with E-state index in [0.717, 1.165) is 41.5 Å². The second-order valence-corrected chi connectivity index (χ2v) is 21.4. The number of aromatic nitrogens is 3. The molecule has 1 amide bonds. The summed E-state index contributed by atoms with van der Waals surface area (Å²) in [6, 6.07) is 13.6. The SMILES string of the molecule is CC(C)(C)OC(=O)N1CCC[C@H]1c1ncc(-c2ccc(-c3ccc4cc(OS(=O)(=O)C(F)(F)F)ccc4c3)nc2)n1COCC[Si](C)(C)C. The average Bonchev–Trinajstić information content (AvgIpc) is 3.64. The van der Waals surface area contributed by atoms with E-state index in [1.54, 1.807) is 35.5 Å². The highest BCUT2D eigenvalue weighted by atomic mass is 32.2. The minimum absolute atomic E-state index is 0.260. The van der Waals surface area contributed by atoms with Crippen molar-refractivity contribution in [3.63, 3.8) is 0 Å². The van der Waals surface area contributed by atoms with Gasteiger partial charge in [0.2, 0.25) is 0 Å². The van der Waals surface area contributed by atoms with E-state index in [4.69, 9.17) is 19.4 Å². The fourth-order valence-electron chi connectivity index (χ4n) is 5.46. The number of carbonyl (C=O) groups excluding carboxylic acids is 1. The van der Waals surface area contributed by atoms with Gasteiger partial charge < -0.3 is 18.2 Å². The van der Waals surface area contributed by atoms with E-state index in [9.17, 15) is 26.4 Å². The number of fused-ring (bicyclic) bond motifs is 1. The molecule has 1 fully saturated rings. The van der Waals surface area contributed by atoms with E-state index in [1.165, 1.54) is 18.2 Å². The second-order valence-electron chi connectivity index (χ2n) is 14.2. The number of carbonyl (C=O) groups is 1. The molecule has 0 bridgehead atoms. The Morgan fingerprint density at radius 3 is 2.31 bits per heavy atom. The number of hydrogen-bond donors (Lipinski definition) is 0. The van der Waals surface area contributed by atoms with Gasteiger partial charge in [0.05, 0.1) is 23.6 Å². The maximum atomic E-state index is 13.1. The summed E-state index contributed by atoms with van der Waals surface area (Å²) in [5, 5.41) is 1.15. The van der Waals surface area contributed by atoms with Crippen LogP contribution in [-0.4, -0.2) is 66.3 Å². The average molecular weight is 719 g/mol. The van der Waals surface area contributed by atoms with Crippen molar-refractivity contribution in [3.05, 3.63) is 66.7 Å². The molecule has 1 aliphatic heterocycles. The molecule has 0 spiro atoms. The van der Waals surface area contributed by atoms with Gasteiger partial charge in [0.1, 0.15) is 23.9 Å². The van der Waals surface area contributed by atoms with Crippen molar-refractivity contribution < 1.29 is 40.0 Å². The van der Waals surface area contributed by atoms with Crippen LogP contribution in [0, 0.1) is 0 Å². The summed E-state index contributed by atoms with van der Waals surface area (Å²) < 4.78 is 79.3. The number of pyridine rings is 1. The molecule has 2 aromatic carbocycles. The number of alkyl halides is 3. The van der Waals surface area contributed by atoms with Gasteiger partial charge >= 0.3 is 21.7 Å². The smallest absolute Gasteiger partial charge is 0.444 e. The molecule has 0 aliphatic carbocycles. The van der Waals surface area contributed by atoms with E-state index in [2.05, 4.69) is 23.8 Å². The van der Waals surface area contributed by atoms with E-state index < -0.39 is 35.1 Å². The molecular weight excluding hydrogens is 678 g/mol. The van der Waals surface area contributed by atoms with Crippen molar-refractivity contribution in [2.24, 2.45) is 0 Å². The molecule has 5 rings (SSSR count). The lowest BCUT2D eigenvalue weighted by molar-refractivity contribution is -0.0500. The molecule has 0 unspecified atom stereocenters. The van der Waals surface area contributed by atoms with Crippen LogP contribution in [0.25, 0.3) is 33.3 Å². The van der Waals surface area contributed by atoms with Crippen LogP contribution in [0.4, 0.5) is 18.0 Å². The molecule has 15 heteroatoms. The Bertz CT molecular complexity index is 1920. The quantitative estimate of drug-likeness (QED) is 0.0696. The number of hydrogen-bond acceptors (Lipinski definition) is 8. The lowest BCUT2D eigenvalue weighted by Gasteiger charge is -2.29. The molecular formula is C34H41F3N4O6SSi. The van der Waals surface area contributed by atoms with Gasteiger partial charge in [0.15, 0.2) is 0 Å². The normalized spacial score (nSPS) is 15.9. The zero-order chi connectivity index (χ0) is 35.8. The van der Waals surface area contributed by atoms with Gasteiger partial charge in [-0.3, -0.25) is 9.88 Å². The van der Waals surface area contributed by atoms with Crippen LogP contribution in [0.1, 0.15) is 45.5 Å². The number of ether oxygens (including phenoxy) is 2. The standard InChI is InChI=1S/C34H41F3N4O6SSi/c1-33(2,3)46-32(42)40-15-7-8-29(40)31-39-21-30(41(31)22-45-16-17-49(4,5)6)26-12-14-28(38-20-26)25-10-9-24-19-27(13-11-23(24)18-25)47-48(43,44)34(35,36)37/h9-14,18-21,29H,7-8,15-17,22H2,1-6H3/t29-/m0/s1. The third-order valence-electron chi connectivity index (χ3n) is 7.94. The molecule has 1 atom stereocenters. The van der Waals surface area contributed by atoms with Crippen LogP contribution in [-0.2, 0) is 26.3 Å². The van der Waals surface area contributed by atoms with Crippen LogP contribution in [0.2, 0.25) is 25.7 Å². The van der Waals surface area contributed by atoms with Crippen molar-refractivity contribution in [1.29, 1.82) is 0 Å². The third kappa shape index (κ3) is 8.80. The minimum Gasteiger partial charge on any atom is -0.444 e. The summed E-state index contributed by atoms with van der Waals surface area (Å²) in [4.78, 5) is 24.3. The summed E-state index contributed by atoms with van der Waals surface area (Å²) in [7, 11) is -7.10. The molecule has 49 heavy (non-hydrogen) atoms. The summed E-state index contributed by atoms with van der Waals surface area (Å²) >= 11 is 0. The van der Waals surface area contributed by atoms with E-state index >= 15 is 0 Å². The highest BCUT2D eigenvalue weighted by molar-refractivity contribution is 7.88. The summed E-state index contributed by atoms with van der Waals surface area (Å²) in [6.45, 7) is 13.9. The van der Waals surface area contributed by atoms with Gasteiger partial charge in [0, 0.05) is 38.5 Å². The molecule has 264 valence electrons. The second kappa shape index (κ2) is 13.7. The first-order chi connectivity index (χ1) is 22.8. The fraction of sp³-hybridized carbons (Fsp3) is 0.441. The number of rotatable bonds is 10. The summed E-state index contributed by atoms with van der Waals surface area (Å²) in [6.07, 6.45) is 4.70. The molecule has 0 N–H and O–H groups in total. The van der Waals surface area contributed by atoms with Crippen molar-refractivity contribution >= 4 is 35.1 Å². The van der Waals surface area contributed by atoms with Gasteiger partial charge in [-0.25, -0.2) is 9.78 Å². The Morgan fingerprint density at radius 2 is 1.65 bits per heavy atom. The fourth-order valence-corrected chi connectivity index (χ4v) is 6.66. The first kappa shape index (κ1) is 36.3. The lowest BCUT2D eigenvalue weighted by atomic mass is 10.0. The molecule has 2 aromatic heterocycles. The predicted octanol–water partition coefficient (Wildman–Crippen LogP) is 8.38. The number of halogens is 3. The Hall–Kier alpha value is -3.95. The van der Waals surface area contributed by atoms with Gasteiger partial charge in [-0.05, 0) is 80.8 Å². The van der Waals surface area contributed by atoms with Crippen LogP contribution in [0.15, 0.2) is 60.9 Å².